The number of aromatic nitrogens is 1. The molecular weight excluding hydrogens is 202 g/mol. The number of hydrogen-bond acceptors (Lipinski definition) is 4. The van der Waals surface area contributed by atoms with Crippen molar-refractivity contribution in [2.45, 2.75) is 6.92 Å². The summed E-state index contributed by atoms with van der Waals surface area (Å²) in [6, 6.07) is 6.00. The molecule has 70 valence electrons. The third-order valence-electron chi connectivity index (χ3n) is 1.43. The Morgan fingerprint density at radius 2 is 2.08 bits per heavy atom. The highest BCUT2D eigenvalue weighted by Crippen LogP contribution is 2.25. The van der Waals surface area contributed by atoms with E-state index in [1.165, 1.54) is 4.88 Å². The summed E-state index contributed by atoms with van der Waals surface area (Å²) in [6.45, 7) is 2.08. The molecule has 0 aromatic carbocycles. The van der Waals surface area contributed by atoms with Gasteiger partial charge in [-0.2, -0.15) is 12.6 Å². The summed E-state index contributed by atoms with van der Waals surface area (Å²) >= 11 is 5.25. The zero-order valence-electron chi connectivity index (χ0n) is 7.52. The second-order valence-electron chi connectivity index (χ2n) is 2.29. The number of thiophene rings is 1. The Kier molecular flexibility index (Phi) is 4.05. The SMILES string of the molecule is CS.Cc1ccc(-c2ccon2)s1. The Balaban J connectivity index is 0.000000396. The van der Waals surface area contributed by atoms with Crippen molar-refractivity contribution in [2.75, 3.05) is 6.26 Å². The monoisotopic (exact) mass is 213 g/mol. The van der Waals surface area contributed by atoms with Crippen LogP contribution in [0.2, 0.25) is 0 Å². The van der Waals surface area contributed by atoms with Crippen molar-refractivity contribution in [1.82, 2.24) is 5.16 Å². The predicted octanol–water partition coefficient (Wildman–Crippen LogP) is 3.26. The van der Waals surface area contributed by atoms with Gasteiger partial charge in [-0.25, -0.2) is 0 Å². The molecule has 4 heteroatoms. The fourth-order valence-corrected chi connectivity index (χ4v) is 1.74. The van der Waals surface area contributed by atoms with Crippen LogP contribution >= 0.6 is 24.0 Å². The fraction of sp³-hybridized carbons (Fsp3) is 0.222. The first kappa shape index (κ1) is 10.3. The molecule has 2 aromatic heterocycles. The molecule has 0 aliphatic heterocycles. The minimum Gasteiger partial charge on any atom is -0.364 e. The Morgan fingerprint density at radius 1 is 1.31 bits per heavy atom. The lowest BCUT2D eigenvalue weighted by atomic mass is 10.3. The first-order valence-electron chi connectivity index (χ1n) is 3.78. The molecule has 0 aliphatic carbocycles. The molecule has 0 radical (unpaired) electrons. The van der Waals surface area contributed by atoms with Crippen LogP contribution in [0.5, 0.6) is 0 Å². The first-order valence-corrected chi connectivity index (χ1v) is 5.49. The number of nitrogens with zero attached hydrogens (tertiary/aromatic N) is 1. The molecule has 2 rings (SSSR count). The molecule has 0 unspecified atom stereocenters. The largest absolute Gasteiger partial charge is 0.364 e. The van der Waals surface area contributed by atoms with Crippen LogP contribution in [0.15, 0.2) is 29.0 Å². The maximum absolute atomic E-state index is 4.73. The smallest absolute Gasteiger partial charge is 0.124 e. The summed E-state index contributed by atoms with van der Waals surface area (Å²) in [5.41, 5.74) is 0.920. The highest BCUT2D eigenvalue weighted by atomic mass is 32.1. The maximum atomic E-state index is 4.73. The van der Waals surface area contributed by atoms with Gasteiger partial charge in [0.25, 0.3) is 0 Å². The van der Waals surface area contributed by atoms with Gasteiger partial charge >= 0.3 is 0 Å². The van der Waals surface area contributed by atoms with Crippen LogP contribution in [0.1, 0.15) is 4.88 Å². The van der Waals surface area contributed by atoms with Gasteiger partial charge in [0.2, 0.25) is 0 Å². The Hall–Kier alpha value is -0.740. The molecule has 2 nitrogen and oxygen atoms in total. The second kappa shape index (κ2) is 5.09. The number of hydrogen-bond donors (Lipinski definition) is 1. The van der Waals surface area contributed by atoms with Crippen LogP contribution in [0, 0.1) is 6.92 Å². The zero-order chi connectivity index (χ0) is 9.68. The minimum atomic E-state index is 0.920. The van der Waals surface area contributed by atoms with Crippen LogP contribution < -0.4 is 0 Å². The van der Waals surface area contributed by atoms with Crippen LogP contribution in [-0.2, 0) is 0 Å². The molecule has 0 saturated heterocycles. The third kappa shape index (κ3) is 2.60. The average molecular weight is 213 g/mol. The molecular formula is C9H11NOS2. The quantitative estimate of drug-likeness (QED) is 0.736. The highest BCUT2D eigenvalue weighted by Gasteiger charge is 2.01. The van der Waals surface area contributed by atoms with Crippen molar-refractivity contribution >= 4 is 24.0 Å². The molecule has 2 aromatic rings. The summed E-state index contributed by atoms with van der Waals surface area (Å²) in [5, 5.41) is 3.84. The van der Waals surface area contributed by atoms with Crippen molar-refractivity contribution in [2.24, 2.45) is 0 Å². The zero-order valence-corrected chi connectivity index (χ0v) is 9.23. The summed E-state index contributed by atoms with van der Waals surface area (Å²) in [7, 11) is 0. The van der Waals surface area contributed by atoms with Gasteiger partial charge in [0.15, 0.2) is 0 Å². The molecule has 2 heterocycles. The molecule has 0 N–H and O–H groups in total. The molecule has 0 bridgehead atoms. The van der Waals surface area contributed by atoms with Crippen molar-refractivity contribution in [3.63, 3.8) is 0 Å². The maximum Gasteiger partial charge on any atom is 0.124 e. The van der Waals surface area contributed by atoms with E-state index in [9.17, 15) is 0 Å². The Morgan fingerprint density at radius 3 is 2.54 bits per heavy atom. The molecule has 0 amide bonds. The van der Waals surface area contributed by atoms with Crippen LogP contribution in [0.25, 0.3) is 10.6 Å². The number of rotatable bonds is 1. The summed E-state index contributed by atoms with van der Waals surface area (Å²) < 4.78 is 4.73. The molecule has 0 aliphatic rings. The van der Waals surface area contributed by atoms with Crippen molar-refractivity contribution < 1.29 is 4.52 Å². The first-order chi connectivity index (χ1) is 6.36. The summed E-state index contributed by atoms with van der Waals surface area (Å²) in [5.74, 6) is 0. The van der Waals surface area contributed by atoms with E-state index in [-0.39, 0.29) is 0 Å². The normalized spacial score (nSPS) is 9.15. The summed E-state index contributed by atoms with van der Waals surface area (Å²) in [6.07, 6.45) is 3.28. The van der Waals surface area contributed by atoms with E-state index < -0.39 is 0 Å². The van der Waals surface area contributed by atoms with Gasteiger partial charge in [0, 0.05) is 10.9 Å². The van der Waals surface area contributed by atoms with Gasteiger partial charge in [-0.05, 0) is 25.3 Å². The van der Waals surface area contributed by atoms with Crippen molar-refractivity contribution in [3.8, 4) is 10.6 Å². The lowest BCUT2D eigenvalue weighted by Gasteiger charge is -1.83. The molecule has 13 heavy (non-hydrogen) atoms. The minimum absolute atomic E-state index is 0.920. The standard InChI is InChI=1S/C8H7NOS.CH4S/c1-6-2-3-8(11-6)7-4-5-10-9-7;1-2/h2-5H,1H3;2H,1H3. The fourth-order valence-electron chi connectivity index (χ4n) is 0.912. The topological polar surface area (TPSA) is 26.0 Å². The van der Waals surface area contributed by atoms with Crippen molar-refractivity contribution in [1.29, 1.82) is 0 Å². The molecule has 0 saturated carbocycles. The lowest BCUT2D eigenvalue weighted by molar-refractivity contribution is 0.422. The van der Waals surface area contributed by atoms with E-state index >= 15 is 0 Å². The second-order valence-corrected chi connectivity index (χ2v) is 3.58. The van der Waals surface area contributed by atoms with E-state index in [4.69, 9.17) is 4.52 Å². The van der Waals surface area contributed by atoms with E-state index in [1.807, 2.05) is 6.07 Å². The van der Waals surface area contributed by atoms with E-state index in [2.05, 4.69) is 36.8 Å². The van der Waals surface area contributed by atoms with Crippen LogP contribution in [-0.4, -0.2) is 11.4 Å². The van der Waals surface area contributed by atoms with Gasteiger partial charge in [-0.1, -0.05) is 5.16 Å². The lowest BCUT2D eigenvalue weighted by Crippen LogP contribution is -1.65. The van der Waals surface area contributed by atoms with Gasteiger partial charge in [0.1, 0.15) is 12.0 Å². The van der Waals surface area contributed by atoms with Crippen LogP contribution in [0.3, 0.4) is 0 Å². The molecule has 0 spiro atoms. The van der Waals surface area contributed by atoms with Crippen LogP contribution in [0.4, 0.5) is 0 Å². The number of thiol groups is 1. The van der Waals surface area contributed by atoms with E-state index in [0.717, 1.165) is 10.6 Å². The van der Waals surface area contributed by atoms with Gasteiger partial charge in [-0.15, -0.1) is 11.3 Å². The van der Waals surface area contributed by atoms with Gasteiger partial charge in [-0.3, -0.25) is 0 Å². The molecule has 0 fully saturated rings. The van der Waals surface area contributed by atoms with E-state index in [0.29, 0.717) is 0 Å². The van der Waals surface area contributed by atoms with Gasteiger partial charge < -0.3 is 4.52 Å². The Labute approximate surface area is 87.0 Å². The Bertz CT molecular complexity index is 340. The predicted molar refractivity (Wildman–Crippen MR) is 59.5 cm³/mol. The van der Waals surface area contributed by atoms with E-state index in [1.54, 1.807) is 23.9 Å². The number of aryl methyl sites for hydroxylation is 1. The highest BCUT2D eigenvalue weighted by molar-refractivity contribution is 7.79. The van der Waals surface area contributed by atoms with Gasteiger partial charge in [0.05, 0.1) is 4.88 Å². The molecule has 0 atom stereocenters. The van der Waals surface area contributed by atoms with Crippen molar-refractivity contribution in [3.05, 3.63) is 29.3 Å². The third-order valence-corrected chi connectivity index (χ3v) is 2.45. The average Bonchev–Trinajstić information content (AvgIpc) is 2.77. The summed E-state index contributed by atoms with van der Waals surface area (Å²) in [4.78, 5) is 2.46.